The summed E-state index contributed by atoms with van der Waals surface area (Å²) in [5.41, 5.74) is 1.13. The Hall–Kier alpha value is -4.01. The van der Waals surface area contributed by atoms with Crippen LogP contribution in [0.15, 0.2) is 36.7 Å². The van der Waals surface area contributed by atoms with E-state index < -0.39 is 17.7 Å². The van der Waals surface area contributed by atoms with Crippen molar-refractivity contribution in [1.82, 2.24) is 30.4 Å². The molecule has 4 aromatic rings. The summed E-state index contributed by atoms with van der Waals surface area (Å²) in [6.45, 7) is 4.24. The minimum atomic E-state index is -0.900. The fourth-order valence-corrected chi connectivity index (χ4v) is 4.55. The average molecular weight is 529 g/mol. The number of rotatable bonds is 7. The molecule has 0 aliphatic carbocycles. The van der Waals surface area contributed by atoms with Crippen molar-refractivity contribution in [3.8, 4) is 10.6 Å². The Morgan fingerprint density at radius 2 is 1.97 bits per heavy atom. The molecule has 0 radical (unpaired) electrons. The number of aromatic nitrogens is 4. The van der Waals surface area contributed by atoms with Gasteiger partial charge < -0.3 is 15.4 Å². The summed E-state index contributed by atoms with van der Waals surface area (Å²) in [4.78, 5) is 36.7. The number of hydrogen-bond donors (Lipinski definition) is 4. The summed E-state index contributed by atoms with van der Waals surface area (Å²) >= 11 is 1.12. The Balaban J connectivity index is 1.27. The minimum Gasteiger partial charge on any atom is -0.379 e. The highest BCUT2D eigenvalue weighted by atomic mass is 32.1. The molecule has 0 spiro atoms. The van der Waals surface area contributed by atoms with Gasteiger partial charge in [0.25, 0.3) is 5.91 Å². The third-order valence-electron chi connectivity index (χ3n) is 5.64. The third kappa shape index (κ3) is 5.87. The number of carbonyl (C=O) groups excluding carboxylic acids is 2. The van der Waals surface area contributed by atoms with E-state index in [1.54, 1.807) is 12.3 Å². The first-order valence-corrected chi connectivity index (χ1v) is 12.2. The molecule has 4 heterocycles. The number of nitrogens with zero attached hydrogens (tertiary/aromatic N) is 4. The Bertz CT molecular complexity index is 1440. The second-order valence-electron chi connectivity index (χ2n) is 8.13. The summed E-state index contributed by atoms with van der Waals surface area (Å²) < 4.78 is 32.2. The first-order chi connectivity index (χ1) is 18.0. The molecule has 0 bridgehead atoms. The van der Waals surface area contributed by atoms with Crippen LogP contribution in [0.5, 0.6) is 0 Å². The lowest BCUT2D eigenvalue weighted by Gasteiger charge is -2.26. The fourth-order valence-electron chi connectivity index (χ4n) is 3.78. The van der Waals surface area contributed by atoms with Crippen molar-refractivity contribution in [3.63, 3.8) is 0 Å². The molecule has 4 N–H and O–H groups in total. The van der Waals surface area contributed by atoms with E-state index in [2.05, 4.69) is 41.0 Å². The van der Waals surface area contributed by atoms with Gasteiger partial charge in [0, 0.05) is 38.4 Å². The van der Waals surface area contributed by atoms with Gasteiger partial charge in [-0.25, -0.2) is 23.5 Å². The fraction of sp³-hybridized carbons (Fsp3) is 0.261. The molecule has 1 aliphatic heterocycles. The van der Waals surface area contributed by atoms with Crippen LogP contribution >= 0.6 is 11.3 Å². The van der Waals surface area contributed by atoms with Crippen molar-refractivity contribution in [1.29, 1.82) is 0 Å². The monoisotopic (exact) mass is 528 g/mol. The number of morpholine rings is 1. The molecule has 37 heavy (non-hydrogen) atoms. The van der Waals surface area contributed by atoms with Gasteiger partial charge in [0.2, 0.25) is 0 Å². The molecule has 14 heteroatoms. The normalized spacial score (nSPS) is 14.0. The van der Waals surface area contributed by atoms with Gasteiger partial charge in [-0.1, -0.05) is 11.3 Å². The van der Waals surface area contributed by atoms with Crippen LogP contribution < -0.4 is 16.0 Å². The van der Waals surface area contributed by atoms with Gasteiger partial charge in [-0.2, -0.15) is 5.10 Å². The second-order valence-corrected chi connectivity index (χ2v) is 9.16. The molecule has 0 saturated carbocycles. The first kappa shape index (κ1) is 24.7. The van der Waals surface area contributed by atoms with Crippen molar-refractivity contribution in [3.05, 3.63) is 53.9 Å². The van der Waals surface area contributed by atoms with E-state index in [-0.39, 0.29) is 16.7 Å². The van der Waals surface area contributed by atoms with Gasteiger partial charge in [-0.15, -0.1) is 0 Å². The summed E-state index contributed by atoms with van der Waals surface area (Å²) in [6, 6.07) is 3.73. The predicted octanol–water partition coefficient (Wildman–Crippen LogP) is 3.07. The highest BCUT2D eigenvalue weighted by molar-refractivity contribution is 7.19. The van der Waals surface area contributed by atoms with Crippen LogP contribution in [-0.2, 0) is 4.74 Å². The molecule has 1 saturated heterocycles. The maximum absolute atomic E-state index is 13.8. The number of ether oxygens (including phenoxy) is 1. The molecule has 5 rings (SSSR count). The van der Waals surface area contributed by atoms with Gasteiger partial charge in [0.15, 0.2) is 10.8 Å². The molecule has 11 nitrogen and oxygen atoms in total. The van der Waals surface area contributed by atoms with E-state index in [4.69, 9.17) is 4.74 Å². The van der Waals surface area contributed by atoms with E-state index in [9.17, 15) is 18.4 Å². The Morgan fingerprint density at radius 1 is 1.14 bits per heavy atom. The lowest BCUT2D eigenvalue weighted by Crippen LogP contribution is -2.41. The SMILES string of the molecule is O=C(Nc1ncc(-c2cc(C(=O)NCCN3CCOCC3)c3cn[nH]c3n2)s1)Nc1ccc(F)cc1F. The zero-order valence-electron chi connectivity index (χ0n) is 19.4. The average Bonchev–Trinajstić information content (AvgIpc) is 3.55. The van der Waals surface area contributed by atoms with E-state index in [1.165, 1.54) is 6.20 Å². The molecule has 192 valence electrons. The zero-order chi connectivity index (χ0) is 25.8. The van der Waals surface area contributed by atoms with Gasteiger partial charge in [0.05, 0.1) is 46.6 Å². The topological polar surface area (TPSA) is 137 Å². The Morgan fingerprint density at radius 3 is 2.78 bits per heavy atom. The zero-order valence-corrected chi connectivity index (χ0v) is 20.2. The molecule has 3 amide bonds. The summed E-state index contributed by atoms with van der Waals surface area (Å²) in [5.74, 6) is -1.91. The predicted molar refractivity (Wildman–Crippen MR) is 134 cm³/mol. The van der Waals surface area contributed by atoms with Crippen LogP contribution in [0.1, 0.15) is 10.4 Å². The smallest absolute Gasteiger partial charge is 0.325 e. The van der Waals surface area contributed by atoms with Crippen LogP contribution in [0, 0.1) is 11.6 Å². The number of aromatic amines is 1. The number of carbonyl (C=O) groups is 2. The van der Waals surface area contributed by atoms with E-state index in [0.717, 1.165) is 43.1 Å². The number of amides is 3. The highest BCUT2D eigenvalue weighted by Gasteiger charge is 2.18. The second kappa shape index (κ2) is 10.9. The number of nitrogens with one attached hydrogen (secondary N) is 4. The summed E-state index contributed by atoms with van der Waals surface area (Å²) in [5, 5.41) is 15.4. The van der Waals surface area contributed by atoms with Crippen LogP contribution in [0.25, 0.3) is 21.6 Å². The number of H-pyrrole nitrogens is 1. The molecule has 1 fully saturated rings. The van der Waals surface area contributed by atoms with Gasteiger partial charge >= 0.3 is 6.03 Å². The first-order valence-electron chi connectivity index (χ1n) is 11.4. The summed E-state index contributed by atoms with van der Waals surface area (Å²) in [6.07, 6.45) is 3.05. The number of hydrogen-bond acceptors (Lipinski definition) is 8. The van der Waals surface area contributed by atoms with Crippen LogP contribution in [-0.4, -0.2) is 76.4 Å². The number of urea groups is 1. The highest BCUT2D eigenvalue weighted by Crippen LogP contribution is 2.30. The number of anilines is 2. The van der Waals surface area contributed by atoms with E-state index in [1.807, 2.05) is 0 Å². The van der Waals surface area contributed by atoms with Gasteiger partial charge in [0.1, 0.15) is 11.6 Å². The lowest BCUT2D eigenvalue weighted by atomic mass is 10.1. The molecule has 1 aliphatic rings. The molecule has 1 aromatic carbocycles. The number of pyridine rings is 1. The number of halogens is 2. The quantitative estimate of drug-likeness (QED) is 0.289. The van der Waals surface area contributed by atoms with Crippen LogP contribution in [0.3, 0.4) is 0 Å². The van der Waals surface area contributed by atoms with Crippen molar-refractivity contribution in [2.45, 2.75) is 0 Å². The largest absolute Gasteiger partial charge is 0.379 e. The maximum atomic E-state index is 13.8. The molecule has 3 aromatic heterocycles. The van der Waals surface area contributed by atoms with Crippen molar-refractivity contribution in [2.75, 3.05) is 50.0 Å². The standard InChI is InChI=1S/C23H22F2N8O3S/c24-13-1-2-17(16(25)9-13)30-22(35)31-23-27-12-19(37-23)18-10-14(15-11-28-32-20(15)29-18)21(34)26-3-4-33-5-7-36-8-6-33/h1-2,9-12H,3-8H2,(H,26,34)(H,28,29,32)(H2,27,30,31,35). The van der Waals surface area contributed by atoms with Crippen molar-refractivity contribution in [2.24, 2.45) is 0 Å². The molecule has 0 atom stereocenters. The number of benzene rings is 1. The van der Waals surface area contributed by atoms with E-state index in [0.29, 0.717) is 53.0 Å². The lowest BCUT2D eigenvalue weighted by molar-refractivity contribution is 0.0383. The van der Waals surface area contributed by atoms with Crippen LogP contribution in [0.4, 0.5) is 24.4 Å². The molecule has 0 unspecified atom stereocenters. The van der Waals surface area contributed by atoms with E-state index >= 15 is 0 Å². The third-order valence-corrected chi connectivity index (χ3v) is 6.58. The van der Waals surface area contributed by atoms with Gasteiger partial charge in [-0.05, 0) is 18.2 Å². The molecular weight excluding hydrogens is 506 g/mol. The maximum Gasteiger partial charge on any atom is 0.325 e. The van der Waals surface area contributed by atoms with Crippen molar-refractivity contribution >= 4 is 45.1 Å². The Labute approximate surface area is 213 Å². The molecular formula is C23H22F2N8O3S. The Kier molecular flexibility index (Phi) is 7.30. The minimum absolute atomic E-state index is 0.175. The van der Waals surface area contributed by atoms with Gasteiger partial charge in [-0.3, -0.25) is 20.1 Å². The van der Waals surface area contributed by atoms with Crippen LogP contribution in [0.2, 0.25) is 0 Å². The van der Waals surface area contributed by atoms with Crippen molar-refractivity contribution < 1.29 is 23.1 Å². The number of fused-ring (bicyclic) bond motifs is 1. The number of thiazole rings is 1. The summed E-state index contributed by atoms with van der Waals surface area (Å²) in [7, 11) is 0.